The first-order chi connectivity index (χ1) is 17.5. The van der Waals surface area contributed by atoms with Gasteiger partial charge in [0.25, 0.3) is 5.22 Å². The van der Waals surface area contributed by atoms with Crippen molar-refractivity contribution in [2.45, 2.75) is 49.9 Å². The van der Waals surface area contributed by atoms with Crippen LogP contribution in [-0.4, -0.2) is 58.4 Å². The van der Waals surface area contributed by atoms with Crippen LogP contribution >= 0.6 is 11.8 Å². The maximum absolute atomic E-state index is 15.5. The zero-order chi connectivity index (χ0) is 25.3. The molecule has 3 heterocycles. The number of carboxylic acids is 1. The first kappa shape index (κ1) is 26.4. The fourth-order valence-corrected chi connectivity index (χ4v) is 5.87. The molecular weight excluding hydrogens is 481 g/mol. The van der Waals surface area contributed by atoms with Crippen molar-refractivity contribution in [2.75, 3.05) is 32.5 Å². The summed E-state index contributed by atoms with van der Waals surface area (Å²) < 4.78 is 26.1. The minimum absolute atomic E-state index is 0.156. The number of piperidine rings is 1. The summed E-state index contributed by atoms with van der Waals surface area (Å²) in [5.74, 6) is 1.42. The van der Waals surface area contributed by atoms with Gasteiger partial charge in [-0.25, -0.2) is 9.37 Å². The molecule has 0 spiro atoms. The van der Waals surface area contributed by atoms with Crippen LogP contribution in [0, 0.1) is 11.8 Å². The number of pyridine rings is 1. The van der Waals surface area contributed by atoms with E-state index in [1.165, 1.54) is 0 Å². The van der Waals surface area contributed by atoms with Gasteiger partial charge >= 0.3 is 5.97 Å². The Bertz CT molecular complexity index is 1110. The van der Waals surface area contributed by atoms with E-state index in [4.69, 9.17) is 9.15 Å². The molecule has 4 rings (SSSR count). The number of rotatable bonds is 13. The van der Waals surface area contributed by atoms with Gasteiger partial charge in [0, 0.05) is 30.3 Å². The molecule has 1 saturated heterocycles. The molecule has 1 unspecified atom stereocenters. The second-order valence-corrected chi connectivity index (χ2v) is 10.4. The number of carboxylic acid groups (broad SMARTS) is 1. The molecule has 3 aromatic rings. The Hall–Kier alpha value is -2.65. The van der Waals surface area contributed by atoms with Gasteiger partial charge < -0.3 is 19.2 Å². The number of alkyl halides is 1. The van der Waals surface area contributed by atoms with E-state index in [1.807, 2.05) is 18.2 Å². The van der Waals surface area contributed by atoms with E-state index in [2.05, 4.69) is 14.9 Å². The number of ether oxygens (including phenoxy) is 1. The van der Waals surface area contributed by atoms with E-state index in [0.29, 0.717) is 35.3 Å². The molecule has 3 atom stereocenters. The highest BCUT2D eigenvalue weighted by Gasteiger charge is 2.30. The van der Waals surface area contributed by atoms with Crippen LogP contribution in [0.5, 0.6) is 5.75 Å². The molecule has 0 amide bonds. The smallest absolute Gasteiger partial charge is 0.303 e. The molecule has 1 aliphatic heterocycles. The lowest BCUT2D eigenvalue weighted by molar-refractivity contribution is -0.137. The fraction of sp³-hybridized carbons (Fsp3) is 0.519. The third kappa shape index (κ3) is 7.20. The summed E-state index contributed by atoms with van der Waals surface area (Å²) in [6, 6.07) is 7.29. The molecule has 194 valence electrons. The molecule has 1 N–H and O–H groups in total. The summed E-state index contributed by atoms with van der Waals surface area (Å²) in [5, 5.41) is 10.7. The summed E-state index contributed by atoms with van der Waals surface area (Å²) in [6.07, 6.45) is 7.70. The van der Waals surface area contributed by atoms with Crippen molar-refractivity contribution < 1.29 is 23.4 Å². The van der Waals surface area contributed by atoms with Gasteiger partial charge in [-0.15, -0.1) is 0 Å². The molecule has 9 heteroatoms. The van der Waals surface area contributed by atoms with Gasteiger partial charge in [0.1, 0.15) is 18.2 Å². The van der Waals surface area contributed by atoms with Crippen LogP contribution in [0.2, 0.25) is 0 Å². The van der Waals surface area contributed by atoms with Crippen molar-refractivity contribution in [1.29, 1.82) is 0 Å². The molecule has 0 bridgehead atoms. The second kappa shape index (κ2) is 13.1. The van der Waals surface area contributed by atoms with Crippen molar-refractivity contribution in [3.05, 3.63) is 48.5 Å². The Morgan fingerprint density at radius 1 is 1.28 bits per heavy atom. The van der Waals surface area contributed by atoms with Gasteiger partial charge in [0.05, 0.1) is 18.8 Å². The number of likely N-dealkylation sites (tertiary alicyclic amines) is 1. The number of hydrogen-bond acceptors (Lipinski definition) is 7. The van der Waals surface area contributed by atoms with Crippen LogP contribution < -0.4 is 4.74 Å². The minimum Gasteiger partial charge on any atom is -0.497 e. The van der Waals surface area contributed by atoms with E-state index >= 15 is 4.39 Å². The van der Waals surface area contributed by atoms with Gasteiger partial charge in [-0.2, -0.15) is 0 Å². The largest absolute Gasteiger partial charge is 0.497 e. The highest BCUT2D eigenvalue weighted by atomic mass is 32.2. The highest BCUT2D eigenvalue weighted by Crippen LogP contribution is 2.36. The molecule has 0 radical (unpaired) electrons. The van der Waals surface area contributed by atoms with Gasteiger partial charge in [0.15, 0.2) is 0 Å². The normalized spacial score (nSPS) is 19.4. The summed E-state index contributed by atoms with van der Waals surface area (Å²) in [6.45, 7) is 2.79. The predicted molar refractivity (Wildman–Crippen MR) is 138 cm³/mol. The lowest BCUT2D eigenvalue weighted by atomic mass is 9.79. The average Bonchev–Trinajstić information content (AvgIpc) is 3.42. The van der Waals surface area contributed by atoms with Gasteiger partial charge in [-0.05, 0) is 86.9 Å². The number of nitrogens with zero attached hydrogens (tertiary/aromatic N) is 3. The Morgan fingerprint density at radius 2 is 2.17 bits per heavy atom. The quantitative estimate of drug-likeness (QED) is 0.219. The highest BCUT2D eigenvalue weighted by molar-refractivity contribution is 7.99. The molecule has 36 heavy (non-hydrogen) atoms. The second-order valence-electron chi connectivity index (χ2n) is 9.37. The molecule has 1 fully saturated rings. The fourth-order valence-electron chi connectivity index (χ4n) is 5.17. The number of methoxy groups -OCH3 is 1. The minimum atomic E-state index is -1.10. The van der Waals surface area contributed by atoms with Crippen LogP contribution in [-0.2, 0) is 4.79 Å². The van der Waals surface area contributed by atoms with Gasteiger partial charge in [-0.1, -0.05) is 11.8 Å². The topological polar surface area (TPSA) is 88.7 Å². The lowest BCUT2D eigenvalue weighted by Gasteiger charge is -2.39. The zero-order valence-corrected chi connectivity index (χ0v) is 21.5. The number of benzene rings is 1. The number of hydrogen-bond donors (Lipinski definition) is 1. The van der Waals surface area contributed by atoms with E-state index in [9.17, 15) is 9.90 Å². The molecule has 0 saturated carbocycles. The van der Waals surface area contributed by atoms with E-state index < -0.39 is 12.1 Å². The van der Waals surface area contributed by atoms with Crippen molar-refractivity contribution in [2.24, 2.45) is 11.8 Å². The maximum Gasteiger partial charge on any atom is 0.303 e. The molecule has 0 aliphatic carbocycles. The monoisotopic (exact) mass is 515 g/mol. The third-order valence-corrected chi connectivity index (χ3v) is 8.01. The van der Waals surface area contributed by atoms with E-state index in [-0.39, 0.29) is 12.3 Å². The van der Waals surface area contributed by atoms with Gasteiger partial charge in [0.2, 0.25) is 0 Å². The van der Waals surface area contributed by atoms with Crippen LogP contribution in [0.15, 0.2) is 52.6 Å². The van der Waals surface area contributed by atoms with Crippen LogP contribution in [0.25, 0.3) is 10.9 Å². The van der Waals surface area contributed by atoms with Crippen LogP contribution in [0.4, 0.5) is 4.39 Å². The lowest BCUT2D eigenvalue weighted by Crippen LogP contribution is -2.41. The molecular formula is C27H34FN3O4S. The molecule has 1 aromatic carbocycles. The molecule has 7 nitrogen and oxygen atoms in total. The average molecular weight is 516 g/mol. The Kier molecular flexibility index (Phi) is 9.58. The number of aromatic nitrogens is 2. The summed E-state index contributed by atoms with van der Waals surface area (Å²) in [7, 11) is 1.60. The van der Waals surface area contributed by atoms with Crippen LogP contribution in [0.3, 0.4) is 0 Å². The first-order valence-corrected chi connectivity index (χ1v) is 13.5. The van der Waals surface area contributed by atoms with Crippen molar-refractivity contribution in [3.8, 4) is 5.75 Å². The van der Waals surface area contributed by atoms with Crippen molar-refractivity contribution in [3.63, 3.8) is 0 Å². The Labute approximate surface area is 215 Å². The standard InChI is InChI=1S/C27H34FN3O4S/c1-34-21-5-7-25-23(17-21)22(9-11-29-25)24(28)6-3-19-10-14-31(18-20(19)4-8-26(32)33)13-2-16-36-27-30-12-15-35-27/h5,7,9,11-12,15,17,19-20,24H,2-4,6,8,10,13-14,16,18H2,1H3,(H,32,33)/t19-,20+,24?/m1/s1. The number of carbonyl (C=O) groups is 1. The summed E-state index contributed by atoms with van der Waals surface area (Å²) in [5.41, 5.74) is 1.39. The zero-order valence-electron chi connectivity index (χ0n) is 20.6. The number of halogens is 1. The van der Waals surface area contributed by atoms with E-state index in [1.54, 1.807) is 43.6 Å². The van der Waals surface area contributed by atoms with Crippen molar-refractivity contribution >= 4 is 28.6 Å². The SMILES string of the molecule is COc1ccc2nccc(C(F)CC[C@@H]3CCN(CCCSc4ncco4)C[C@@H]3CCC(=O)O)c2c1. The van der Waals surface area contributed by atoms with E-state index in [0.717, 1.165) is 55.6 Å². The summed E-state index contributed by atoms with van der Waals surface area (Å²) >= 11 is 1.61. The Balaban J connectivity index is 1.33. The van der Waals surface area contributed by atoms with Crippen molar-refractivity contribution in [1.82, 2.24) is 14.9 Å². The summed E-state index contributed by atoms with van der Waals surface area (Å²) in [4.78, 5) is 22.2. The number of oxazole rings is 1. The number of thioether (sulfide) groups is 1. The number of aliphatic carboxylic acids is 1. The third-order valence-electron chi connectivity index (χ3n) is 7.07. The Morgan fingerprint density at radius 3 is 2.94 bits per heavy atom. The maximum atomic E-state index is 15.5. The molecule has 2 aromatic heterocycles. The predicted octanol–water partition coefficient (Wildman–Crippen LogP) is 6.01. The van der Waals surface area contributed by atoms with Crippen LogP contribution in [0.1, 0.15) is 50.3 Å². The van der Waals surface area contributed by atoms with Gasteiger partial charge in [-0.3, -0.25) is 9.78 Å². The molecule has 1 aliphatic rings. The first-order valence-electron chi connectivity index (χ1n) is 12.6. The number of fused-ring (bicyclic) bond motifs is 1.